The van der Waals surface area contributed by atoms with E-state index in [2.05, 4.69) is 11.9 Å². The third-order valence-corrected chi connectivity index (χ3v) is 2.55. The number of methoxy groups -OCH3 is 1. The van der Waals surface area contributed by atoms with Crippen LogP contribution in [0.4, 0.5) is 0 Å². The van der Waals surface area contributed by atoms with E-state index >= 15 is 0 Å². The predicted octanol–water partition coefficient (Wildman–Crippen LogP) is 1.09. The maximum atomic E-state index is 6.09. The van der Waals surface area contributed by atoms with Gasteiger partial charge >= 0.3 is 0 Å². The molecule has 1 aromatic rings. The van der Waals surface area contributed by atoms with Crippen molar-refractivity contribution in [3.05, 3.63) is 18.2 Å². The van der Waals surface area contributed by atoms with Crippen LogP contribution in [0.1, 0.15) is 25.2 Å². The second kappa shape index (κ2) is 5.12. The maximum Gasteiger partial charge on any atom is 0.125 e. The van der Waals surface area contributed by atoms with Crippen molar-refractivity contribution in [2.24, 2.45) is 18.7 Å². The van der Waals surface area contributed by atoms with Crippen LogP contribution in [0.15, 0.2) is 12.4 Å². The van der Waals surface area contributed by atoms with Gasteiger partial charge in [-0.2, -0.15) is 0 Å². The van der Waals surface area contributed by atoms with E-state index in [4.69, 9.17) is 10.5 Å². The van der Waals surface area contributed by atoms with Crippen molar-refractivity contribution in [1.29, 1.82) is 0 Å². The third-order valence-electron chi connectivity index (χ3n) is 2.55. The molecule has 0 aromatic carbocycles. The number of hydrogen-bond donors (Lipinski definition) is 1. The number of hydrogen-bond acceptors (Lipinski definition) is 3. The van der Waals surface area contributed by atoms with Gasteiger partial charge in [0.05, 0.1) is 6.04 Å². The van der Waals surface area contributed by atoms with E-state index in [9.17, 15) is 0 Å². The fourth-order valence-corrected chi connectivity index (χ4v) is 1.44. The number of aromatic nitrogens is 2. The van der Waals surface area contributed by atoms with Gasteiger partial charge in [0.15, 0.2) is 0 Å². The van der Waals surface area contributed by atoms with Gasteiger partial charge in [-0.3, -0.25) is 0 Å². The first-order valence-corrected chi connectivity index (χ1v) is 4.88. The van der Waals surface area contributed by atoms with Gasteiger partial charge < -0.3 is 15.0 Å². The number of nitrogens with two attached hydrogens (primary N) is 1. The minimum absolute atomic E-state index is 0.00912. The minimum Gasteiger partial charge on any atom is -0.385 e. The molecule has 1 heterocycles. The zero-order valence-corrected chi connectivity index (χ0v) is 9.10. The largest absolute Gasteiger partial charge is 0.385 e. The molecule has 0 aliphatic carbocycles. The van der Waals surface area contributed by atoms with Crippen molar-refractivity contribution >= 4 is 0 Å². The summed E-state index contributed by atoms with van der Waals surface area (Å²) in [6.45, 7) is 2.87. The number of aryl methyl sites for hydroxylation is 1. The molecule has 0 aliphatic rings. The number of imidazole rings is 1. The highest BCUT2D eigenvalue weighted by Gasteiger charge is 2.17. The standard InChI is InChI=1S/C10H19N3O/c1-8(4-7-14-3)9(11)10-12-5-6-13(10)2/h5-6,8-9H,4,7,11H2,1-3H3. The van der Waals surface area contributed by atoms with Gasteiger partial charge in [-0.25, -0.2) is 4.98 Å². The van der Waals surface area contributed by atoms with E-state index in [-0.39, 0.29) is 6.04 Å². The number of nitrogens with zero attached hydrogens (tertiary/aromatic N) is 2. The van der Waals surface area contributed by atoms with Gasteiger partial charge in [0.1, 0.15) is 5.82 Å². The minimum atomic E-state index is -0.00912. The SMILES string of the molecule is COCCC(C)C(N)c1nccn1C. The van der Waals surface area contributed by atoms with Crippen LogP contribution in [0.3, 0.4) is 0 Å². The zero-order valence-electron chi connectivity index (χ0n) is 9.10. The number of rotatable bonds is 5. The lowest BCUT2D eigenvalue weighted by Crippen LogP contribution is -2.23. The summed E-state index contributed by atoms with van der Waals surface area (Å²) in [6, 6.07) is -0.00912. The Morgan fingerprint density at radius 2 is 2.36 bits per heavy atom. The van der Waals surface area contributed by atoms with Gasteiger partial charge in [0.25, 0.3) is 0 Å². The van der Waals surface area contributed by atoms with E-state index in [1.54, 1.807) is 13.3 Å². The first kappa shape index (κ1) is 11.2. The van der Waals surface area contributed by atoms with Gasteiger partial charge in [0.2, 0.25) is 0 Å². The van der Waals surface area contributed by atoms with Crippen LogP contribution in [-0.2, 0) is 11.8 Å². The normalized spacial score (nSPS) is 15.4. The molecule has 4 nitrogen and oxygen atoms in total. The summed E-state index contributed by atoms with van der Waals surface area (Å²) >= 11 is 0. The van der Waals surface area contributed by atoms with Crippen LogP contribution in [0.25, 0.3) is 0 Å². The highest BCUT2D eigenvalue weighted by Crippen LogP contribution is 2.19. The first-order valence-electron chi connectivity index (χ1n) is 4.88. The quantitative estimate of drug-likeness (QED) is 0.768. The predicted molar refractivity (Wildman–Crippen MR) is 55.8 cm³/mol. The number of ether oxygens (including phenoxy) is 1. The molecule has 1 aromatic heterocycles. The second-order valence-electron chi connectivity index (χ2n) is 3.68. The lowest BCUT2D eigenvalue weighted by Gasteiger charge is -2.19. The molecule has 0 saturated carbocycles. The van der Waals surface area contributed by atoms with Crippen molar-refractivity contribution in [3.8, 4) is 0 Å². The van der Waals surface area contributed by atoms with Crippen molar-refractivity contribution in [2.75, 3.05) is 13.7 Å². The van der Waals surface area contributed by atoms with Crippen LogP contribution in [-0.4, -0.2) is 23.3 Å². The van der Waals surface area contributed by atoms with Gasteiger partial charge in [-0.1, -0.05) is 6.92 Å². The fourth-order valence-electron chi connectivity index (χ4n) is 1.44. The molecule has 0 fully saturated rings. The average molecular weight is 197 g/mol. The van der Waals surface area contributed by atoms with Crippen LogP contribution in [0.5, 0.6) is 0 Å². The topological polar surface area (TPSA) is 53.1 Å². The molecular formula is C10H19N3O. The van der Waals surface area contributed by atoms with Crippen LogP contribution >= 0.6 is 0 Å². The Morgan fingerprint density at radius 3 is 2.86 bits per heavy atom. The Hall–Kier alpha value is -0.870. The highest BCUT2D eigenvalue weighted by molar-refractivity contribution is 4.98. The van der Waals surface area contributed by atoms with E-state index in [1.807, 2.05) is 17.8 Å². The average Bonchev–Trinajstić information content (AvgIpc) is 2.59. The van der Waals surface area contributed by atoms with Gasteiger partial charge in [-0.05, 0) is 12.3 Å². The Morgan fingerprint density at radius 1 is 1.64 bits per heavy atom. The van der Waals surface area contributed by atoms with Crippen molar-refractivity contribution in [1.82, 2.24) is 9.55 Å². The third kappa shape index (κ3) is 2.56. The maximum absolute atomic E-state index is 6.09. The molecule has 2 N–H and O–H groups in total. The molecule has 0 saturated heterocycles. The van der Waals surface area contributed by atoms with E-state index < -0.39 is 0 Å². The molecule has 2 unspecified atom stereocenters. The molecule has 0 aliphatic heterocycles. The van der Waals surface area contributed by atoms with E-state index in [0.717, 1.165) is 18.9 Å². The summed E-state index contributed by atoms with van der Waals surface area (Å²) < 4.78 is 6.99. The second-order valence-corrected chi connectivity index (χ2v) is 3.68. The molecule has 0 spiro atoms. The molecule has 80 valence electrons. The summed E-state index contributed by atoms with van der Waals surface area (Å²) in [7, 11) is 3.67. The molecule has 2 atom stereocenters. The Balaban J connectivity index is 2.56. The highest BCUT2D eigenvalue weighted by atomic mass is 16.5. The van der Waals surface area contributed by atoms with Crippen LogP contribution in [0.2, 0.25) is 0 Å². The van der Waals surface area contributed by atoms with Crippen molar-refractivity contribution in [3.63, 3.8) is 0 Å². The molecule has 1 rings (SSSR count). The molecule has 0 amide bonds. The smallest absolute Gasteiger partial charge is 0.125 e. The lowest BCUT2D eigenvalue weighted by molar-refractivity contribution is 0.173. The monoisotopic (exact) mass is 197 g/mol. The Labute approximate surface area is 85.1 Å². The molecule has 4 heteroatoms. The lowest BCUT2D eigenvalue weighted by atomic mass is 9.99. The van der Waals surface area contributed by atoms with Crippen LogP contribution in [0, 0.1) is 5.92 Å². The Bertz CT molecular complexity index is 272. The summed E-state index contributed by atoms with van der Waals surface area (Å²) in [4.78, 5) is 4.24. The first-order chi connectivity index (χ1) is 6.66. The summed E-state index contributed by atoms with van der Waals surface area (Å²) in [5.74, 6) is 1.32. The molecular weight excluding hydrogens is 178 g/mol. The molecule has 0 bridgehead atoms. The van der Waals surface area contributed by atoms with Crippen molar-refractivity contribution < 1.29 is 4.74 Å². The summed E-state index contributed by atoms with van der Waals surface area (Å²) in [5.41, 5.74) is 6.09. The van der Waals surface area contributed by atoms with Gasteiger partial charge in [0, 0.05) is 33.2 Å². The molecule has 0 radical (unpaired) electrons. The summed E-state index contributed by atoms with van der Waals surface area (Å²) in [6.07, 6.45) is 4.65. The van der Waals surface area contributed by atoms with Gasteiger partial charge in [-0.15, -0.1) is 0 Å². The van der Waals surface area contributed by atoms with E-state index in [1.165, 1.54) is 0 Å². The summed E-state index contributed by atoms with van der Waals surface area (Å²) in [5, 5.41) is 0. The van der Waals surface area contributed by atoms with E-state index in [0.29, 0.717) is 5.92 Å². The van der Waals surface area contributed by atoms with Crippen LogP contribution < -0.4 is 5.73 Å². The fraction of sp³-hybridized carbons (Fsp3) is 0.700. The molecule has 14 heavy (non-hydrogen) atoms. The van der Waals surface area contributed by atoms with Crippen molar-refractivity contribution in [2.45, 2.75) is 19.4 Å². The zero-order chi connectivity index (χ0) is 10.6. The Kier molecular flexibility index (Phi) is 4.10.